The number of hydrogen-bond donors (Lipinski definition) is 0. The predicted molar refractivity (Wildman–Crippen MR) is 109 cm³/mol. The molecule has 0 unspecified atom stereocenters. The fraction of sp³-hybridized carbons (Fsp3) is 0.565. The van der Waals surface area contributed by atoms with Crippen molar-refractivity contribution in [3.63, 3.8) is 0 Å². The quantitative estimate of drug-likeness (QED) is 0.683. The van der Waals surface area contributed by atoms with Crippen LogP contribution >= 0.6 is 0 Å². The van der Waals surface area contributed by atoms with E-state index in [0.29, 0.717) is 31.0 Å². The van der Waals surface area contributed by atoms with Crippen molar-refractivity contribution in [3.05, 3.63) is 42.0 Å². The number of carbonyl (C=O) groups excluding carboxylic acids is 2. The first kappa shape index (κ1) is 19.7. The molecular formula is C23H32N2O2. The van der Waals surface area contributed by atoms with Crippen LogP contribution in [0.3, 0.4) is 0 Å². The SMILES string of the molecule is CC(C)CCN(C(=O)C1CCN(C(=O)C=Cc2ccccc2)CC1)C1CC1. The van der Waals surface area contributed by atoms with Crippen molar-refractivity contribution < 1.29 is 9.59 Å². The van der Waals surface area contributed by atoms with Crippen molar-refractivity contribution in [1.82, 2.24) is 9.80 Å². The van der Waals surface area contributed by atoms with Crippen LogP contribution in [0.5, 0.6) is 0 Å². The van der Waals surface area contributed by atoms with Crippen molar-refractivity contribution in [3.8, 4) is 0 Å². The number of carbonyl (C=O) groups is 2. The summed E-state index contributed by atoms with van der Waals surface area (Å²) in [7, 11) is 0. The van der Waals surface area contributed by atoms with E-state index in [9.17, 15) is 9.59 Å². The zero-order valence-corrected chi connectivity index (χ0v) is 16.6. The summed E-state index contributed by atoms with van der Waals surface area (Å²) in [6.45, 7) is 6.67. The number of piperidine rings is 1. The molecule has 1 saturated carbocycles. The smallest absolute Gasteiger partial charge is 0.246 e. The third-order valence-corrected chi connectivity index (χ3v) is 5.59. The number of rotatable bonds is 7. The number of likely N-dealkylation sites (tertiary alicyclic amines) is 1. The van der Waals surface area contributed by atoms with E-state index >= 15 is 0 Å². The fourth-order valence-electron chi connectivity index (χ4n) is 3.67. The van der Waals surface area contributed by atoms with E-state index in [4.69, 9.17) is 0 Å². The summed E-state index contributed by atoms with van der Waals surface area (Å²) in [5, 5.41) is 0. The van der Waals surface area contributed by atoms with Gasteiger partial charge >= 0.3 is 0 Å². The van der Waals surface area contributed by atoms with E-state index in [-0.39, 0.29) is 11.8 Å². The molecule has 0 aromatic heterocycles. The highest BCUT2D eigenvalue weighted by molar-refractivity contribution is 5.92. The van der Waals surface area contributed by atoms with Gasteiger partial charge in [-0.2, -0.15) is 0 Å². The average molecular weight is 369 g/mol. The van der Waals surface area contributed by atoms with Crippen LogP contribution in [0.1, 0.15) is 51.5 Å². The van der Waals surface area contributed by atoms with Crippen LogP contribution in [0.2, 0.25) is 0 Å². The molecule has 1 aromatic carbocycles. The highest BCUT2D eigenvalue weighted by Crippen LogP contribution is 2.31. The van der Waals surface area contributed by atoms with Crippen LogP contribution in [-0.4, -0.2) is 47.3 Å². The topological polar surface area (TPSA) is 40.6 Å². The van der Waals surface area contributed by atoms with E-state index in [0.717, 1.165) is 44.2 Å². The van der Waals surface area contributed by atoms with E-state index in [1.165, 1.54) is 0 Å². The molecule has 0 spiro atoms. The van der Waals surface area contributed by atoms with Crippen LogP contribution in [-0.2, 0) is 9.59 Å². The van der Waals surface area contributed by atoms with Gasteiger partial charge in [0.1, 0.15) is 0 Å². The maximum Gasteiger partial charge on any atom is 0.246 e. The maximum atomic E-state index is 13.0. The van der Waals surface area contributed by atoms with E-state index in [1.807, 2.05) is 41.3 Å². The predicted octanol–water partition coefficient (Wildman–Crippen LogP) is 3.98. The van der Waals surface area contributed by atoms with Crippen LogP contribution in [0, 0.1) is 11.8 Å². The molecule has 0 radical (unpaired) electrons. The lowest BCUT2D eigenvalue weighted by Gasteiger charge is -2.34. The van der Waals surface area contributed by atoms with Crippen molar-refractivity contribution in [2.45, 2.75) is 52.0 Å². The maximum absolute atomic E-state index is 13.0. The Morgan fingerprint density at radius 3 is 2.37 bits per heavy atom. The summed E-state index contributed by atoms with van der Waals surface area (Å²) >= 11 is 0. The van der Waals surface area contributed by atoms with Crippen molar-refractivity contribution in [2.75, 3.05) is 19.6 Å². The van der Waals surface area contributed by atoms with Gasteiger partial charge in [0, 0.05) is 37.7 Å². The Hall–Kier alpha value is -2.10. The van der Waals surface area contributed by atoms with Gasteiger partial charge in [0.05, 0.1) is 0 Å². The Bertz CT molecular complexity index is 656. The van der Waals surface area contributed by atoms with Gasteiger partial charge in [0.15, 0.2) is 0 Å². The van der Waals surface area contributed by atoms with E-state index in [1.54, 1.807) is 6.08 Å². The highest BCUT2D eigenvalue weighted by Gasteiger charge is 2.37. The monoisotopic (exact) mass is 368 g/mol. The second-order valence-electron chi connectivity index (χ2n) is 8.29. The zero-order valence-electron chi connectivity index (χ0n) is 16.6. The van der Waals surface area contributed by atoms with Crippen LogP contribution in [0.15, 0.2) is 36.4 Å². The van der Waals surface area contributed by atoms with Crippen molar-refractivity contribution >= 4 is 17.9 Å². The van der Waals surface area contributed by atoms with E-state index < -0.39 is 0 Å². The Labute approximate surface area is 163 Å². The number of nitrogens with zero attached hydrogens (tertiary/aromatic N) is 2. The Balaban J connectivity index is 1.49. The molecule has 2 amide bonds. The third kappa shape index (κ3) is 5.69. The molecule has 0 atom stereocenters. The first-order valence-corrected chi connectivity index (χ1v) is 10.4. The van der Waals surface area contributed by atoms with Gasteiger partial charge in [0.25, 0.3) is 0 Å². The molecular weight excluding hydrogens is 336 g/mol. The minimum absolute atomic E-state index is 0.0450. The number of benzene rings is 1. The first-order valence-electron chi connectivity index (χ1n) is 10.4. The third-order valence-electron chi connectivity index (χ3n) is 5.59. The summed E-state index contributed by atoms with van der Waals surface area (Å²) < 4.78 is 0. The molecule has 1 aliphatic carbocycles. The lowest BCUT2D eigenvalue weighted by molar-refractivity contribution is -0.140. The lowest BCUT2D eigenvalue weighted by atomic mass is 9.94. The minimum atomic E-state index is 0.0450. The number of amides is 2. The van der Waals surface area contributed by atoms with Crippen LogP contribution in [0.4, 0.5) is 0 Å². The fourth-order valence-corrected chi connectivity index (χ4v) is 3.67. The molecule has 2 fully saturated rings. The molecule has 1 heterocycles. The molecule has 3 rings (SSSR count). The molecule has 1 aliphatic heterocycles. The van der Waals surface area contributed by atoms with Gasteiger partial charge < -0.3 is 9.80 Å². The summed E-state index contributed by atoms with van der Waals surface area (Å²) in [4.78, 5) is 29.4. The minimum Gasteiger partial charge on any atom is -0.339 e. The summed E-state index contributed by atoms with van der Waals surface area (Å²) in [6, 6.07) is 10.3. The molecule has 146 valence electrons. The molecule has 2 aliphatic rings. The molecule has 1 aromatic rings. The summed E-state index contributed by atoms with van der Waals surface area (Å²) in [6.07, 6.45) is 8.47. The van der Waals surface area contributed by atoms with Crippen molar-refractivity contribution in [2.24, 2.45) is 11.8 Å². The summed E-state index contributed by atoms with van der Waals surface area (Å²) in [5.41, 5.74) is 1.03. The van der Waals surface area contributed by atoms with Gasteiger partial charge in [-0.15, -0.1) is 0 Å². The summed E-state index contributed by atoms with van der Waals surface area (Å²) in [5.74, 6) is 1.07. The molecule has 0 bridgehead atoms. The van der Waals surface area contributed by atoms with Gasteiger partial charge in [-0.3, -0.25) is 9.59 Å². The zero-order chi connectivity index (χ0) is 19.2. The molecule has 27 heavy (non-hydrogen) atoms. The van der Waals surface area contributed by atoms with Crippen molar-refractivity contribution in [1.29, 1.82) is 0 Å². The lowest BCUT2D eigenvalue weighted by Crippen LogP contribution is -2.45. The number of hydrogen-bond acceptors (Lipinski definition) is 2. The largest absolute Gasteiger partial charge is 0.339 e. The Kier molecular flexibility index (Phi) is 6.70. The van der Waals surface area contributed by atoms with Gasteiger partial charge in [-0.1, -0.05) is 44.2 Å². The Morgan fingerprint density at radius 1 is 1.11 bits per heavy atom. The molecule has 4 nitrogen and oxygen atoms in total. The Morgan fingerprint density at radius 2 is 1.78 bits per heavy atom. The molecule has 0 N–H and O–H groups in total. The second-order valence-corrected chi connectivity index (χ2v) is 8.29. The normalized spacial score (nSPS) is 18.3. The first-order chi connectivity index (χ1) is 13.0. The van der Waals surface area contributed by atoms with Crippen LogP contribution < -0.4 is 0 Å². The average Bonchev–Trinajstić information content (AvgIpc) is 3.52. The highest BCUT2D eigenvalue weighted by atomic mass is 16.2. The van der Waals surface area contributed by atoms with Gasteiger partial charge in [0.2, 0.25) is 11.8 Å². The van der Waals surface area contributed by atoms with Crippen LogP contribution in [0.25, 0.3) is 6.08 Å². The standard InChI is InChI=1S/C23H32N2O2/c1-18(2)12-17-25(21-9-10-21)23(27)20-13-15-24(16-14-20)22(26)11-8-19-6-4-3-5-7-19/h3-8,11,18,20-21H,9-10,12-17H2,1-2H3. The van der Waals surface area contributed by atoms with Gasteiger partial charge in [-0.05, 0) is 49.7 Å². The van der Waals surface area contributed by atoms with E-state index in [2.05, 4.69) is 18.7 Å². The molecule has 4 heteroatoms. The second kappa shape index (κ2) is 9.20. The van der Waals surface area contributed by atoms with Gasteiger partial charge in [-0.25, -0.2) is 0 Å². The molecule has 1 saturated heterocycles.